The van der Waals surface area contributed by atoms with Gasteiger partial charge < -0.3 is 15.2 Å². The molecular formula is C13H21NO2. The number of hydrogen-bond acceptors (Lipinski definition) is 3. The summed E-state index contributed by atoms with van der Waals surface area (Å²) in [5.74, 6) is 0.853. The van der Waals surface area contributed by atoms with E-state index in [1.807, 2.05) is 31.2 Å². The third-order valence-electron chi connectivity index (χ3n) is 2.41. The van der Waals surface area contributed by atoms with Crippen LogP contribution in [0.15, 0.2) is 24.3 Å². The molecule has 0 aromatic heterocycles. The Morgan fingerprint density at radius 2 is 2.00 bits per heavy atom. The summed E-state index contributed by atoms with van der Waals surface area (Å²) in [6.45, 7) is 5.21. The molecule has 0 bridgehead atoms. The molecule has 1 aromatic rings. The van der Waals surface area contributed by atoms with Crippen LogP contribution in [0.4, 0.5) is 0 Å². The molecule has 1 rings (SSSR count). The van der Waals surface area contributed by atoms with Crippen molar-refractivity contribution in [2.75, 3.05) is 20.3 Å². The van der Waals surface area contributed by atoms with Crippen molar-refractivity contribution in [2.45, 2.75) is 25.8 Å². The Balaban J connectivity index is 2.93. The molecule has 1 aromatic carbocycles. The van der Waals surface area contributed by atoms with Crippen LogP contribution >= 0.6 is 0 Å². The molecule has 0 aliphatic rings. The van der Waals surface area contributed by atoms with E-state index >= 15 is 0 Å². The number of para-hydroxylation sites is 1. The summed E-state index contributed by atoms with van der Waals surface area (Å²) in [7, 11) is 1.65. The molecule has 0 spiro atoms. The summed E-state index contributed by atoms with van der Waals surface area (Å²) in [5.41, 5.74) is 6.69. The topological polar surface area (TPSA) is 44.5 Å². The van der Waals surface area contributed by atoms with E-state index in [0.717, 1.165) is 17.7 Å². The summed E-state index contributed by atoms with van der Waals surface area (Å²) < 4.78 is 10.8. The van der Waals surface area contributed by atoms with Gasteiger partial charge in [0.2, 0.25) is 0 Å². The zero-order chi connectivity index (χ0) is 12.0. The third kappa shape index (κ3) is 3.22. The quantitative estimate of drug-likeness (QED) is 0.804. The first kappa shape index (κ1) is 13.0. The summed E-state index contributed by atoms with van der Waals surface area (Å²) in [5, 5.41) is 0. The van der Waals surface area contributed by atoms with E-state index < -0.39 is 5.54 Å². The smallest absolute Gasteiger partial charge is 0.124 e. The van der Waals surface area contributed by atoms with Gasteiger partial charge in [-0.15, -0.1) is 0 Å². The van der Waals surface area contributed by atoms with E-state index in [2.05, 4.69) is 6.92 Å². The van der Waals surface area contributed by atoms with Gasteiger partial charge in [-0.1, -0.05) is 25.1 Å². The van der Waals surface area contributed by atoms with Crippen LogP contribution in [0, 0.1) is 0 Å². The summed E-state index contributed by atoms with van der Waals surface area (Å²) in [4.78, 5) is 0. The Bertz CT molecular complexity index is 323. The second-order valence-corrected chi connectivity index (χ2v) is 4.20. The van der Waals surface area contributed by atoms with Gasteiger partial charge in [0.05, 0.1) is 18.8 Å². The van der Waals surface area contributed by atoms with E-state index in [1.54, 1.807) is 7.11 Å². The minimum absolute atomic E-state index is 0.472. The summed E-state index contributed by atoms with van der Waals surface area (Å²) >= 11 is 0. The van der Waals surface area contributed by atoms with Gasteiger partial charge in [0.1, 0.15) is 5.75 Å². The molecule has 2 N–H and O–H groups in total. The van der Waals surface area contributed by atoms with Crippen molar-refractivity contribution in [1.29, 1.82) is 0 Å². The largest absolute Gasteiger partial charge is 0.493 e. The Morgan fingerprint density at radius 1 is 1.31 bits per heavy atom. The molecule has 0 fully saturated rings. The normalized spacial score (nSPS) is 14.5. The lowest BCUT2D eigenvalue weighted by Crippen LogP contribution is -2.38. The fraction of sp³-hybridized carbons (Fsp3) is 0.538. The second kappa shape index (κ2) is 5.87. The molecule has 0 amide bonds. The maximum atomic E-state index is 6.22. The predicted octanol–water partition coefficient (Wildman–Crippen LogP) is 2.30. The van der Waals surface area contributed by atoms with E-state index in [-0.39, 0.29) is 0 Å². The lowest BCUT2D eigenvalue weighted by molar-refractivity contribution is 0.138. The summed E-state index contributed by atoms with van der Waals surface area (Å²) in [6, 6.07) is 7.86. The van der Waals surface area contributed by atoms with Gasteiger partial charge in [-0.05, 0) is 19.4 Å². The van der Waals surface area contributed by atoms with Gasteiger partial charge >= 0.3 is 0 Å². The van der Waals surface area contributed by atoms with Gasteiger partial charge in [-0.2, -0.15) is 0 Å². The zero-order valence-electron chi connectivity index (χ0n) is 10.3. The average Bonchev–Trinajstić information content (AvgIpc) is 2.26. The van der Waals surface area contributed by atoms with Gasteiger partial charge in [-0.3, -0.25) is 0 Å². The zero-order valence-corrected chi connectivity index (χ0v) is 10.3. The van der Waals surface area contributed by atoms with Crippen LogP contribution in [-0.4, -0.2) is 20.3 Å². The van der Waals surface area contributed by atoms with Crippen molar-refractivity contribution in [3.63, 3.8) is 0 Å². The number of nitrogens with two attached hydrogens (primary N) is 1. The monoisotopic (exact) mass is 223 g/mol. The predicted molar refractivity (Wildman–Crippen MR) is 65.6 cm³/mol. The van der Waals surface area contributed by atoms with E-state index in [4.69, 9.17) is 15.2 Å². The van der Waals surface area contributed by atoms with Crippen LogP contribution < -0.4 is 10.5 Å². The fourth-order valence-corrected chi connectivity index (χ4v) is 1.65. The molecule has 3 heteroatoms. The highest BCUT2D eigenvalue weighted by atomic mass is 16.5. The lowest BCUT2D eigenvalue weighted by Gasteiger charge is -2.26. The van der Waals surface area contributed by atoms with Crippen LogP contribution in [0.3, 0.4) is 0 Å². The first-order valence-corrected chi connectivity index (χ1v) is 5.62. The first-order valence-electron chi connectivity index (χ1n) is 5.62. The highest BCUT2D eigenvalue weighted by Gasteiger charge is 2.24. The molecule has 3 nitrogen and oxygen atoms in total. The van der Waals surface area contributed by atoms with Gasteiger partial charge in [0.15, 0.2) is 0 Å². The molecule has 1 unspecified atom stereocenters. The van der Waals surface area contributed by atoms with Crippen molar-refractivity contribution in [3.8, 4) is 5.75 Å². The van der Waals surface area contributed by atoms with E-state index in [1.165, 1.54) is 0 Å². The molecule has 0 saturated carbocycles. The standard InChI is InChI=1S/C13H21NO2/c1-4-9-16-12-8-6-5-7-11(12)13(2,14)10-15-3/h5-8H,4,9-10,14H2,1-3H3. The molecule has 0 heterocycles. The van der Waals surface area contributed by atoms with Gasteiger partial charge in [0, 0.05) is 12.7 Å². The van der Waals surface area contributed by atoms with Crippen LogP contribution in [0.2, 0.25) is 0 Å². The maximum absolute atomic E-state index is 6.22. The first-order chi connectivity index (χ1) is 7.61. The number of methoxy groups -OCH3 is 1. The number of hydrogen-bond donors (Lipinski definition) is 1. The van der Waals surface area contributed by atoms with E-state index in [9.17, 15) is 0 Å². The Morgan fingerprint density at radius 3 is 2.62 bits per heavy atom. The molecule has 16 heavy (non-hydrogen) atoms. The molecule has 0 radical (unpaired) electrons. The maximum Gasteiger partial charge on any atom is 0.124 e. The van der Waals surface area contributed by atoms with Gasteiger partial charge in [-0.25, -0.2) is 0 Å². The number of ether oxygens (including phenoxy) is 2. The minimum atomic E-state index is -0.515. The van der Waals surface area contributed by atoms with Crippen LogP contribution in [-0.2, 0) is 10.3 Å². The van der Waals surface area contributed by atoms with Crippen LogP contribution in [0.25, 0.3) is 0 Å². The van der Waals surface area contributed by atoms with Crippen LogP contribution in [0.1, 0.15) is 25.8 Å². The van der Waals surface area contributed by atoms with Crippen molar-refractivity contribution in [3.05, 3.63) is 29.8 Å². The van der Waals surface area contributed by atoms with Crippen molar-refractivity contribution < 1.29 is 9.47 Å². The molecule has 0 aliphatic carbocycles. The lowest BCUT2D eigenvalue weighted by atomic mass is 9.93. The Hall–Kier alpha value is -1.06. The highest BCUT2D eigenvalue weighted by molar-refractivity contribution is 5.38. The minimum Gasteiger partial charge on any atom is -0.493 e. The van der Waals surface area contributed by atoms with E-state index in [0.29, 0.717) is 13.2 Å². The third-order valence-corrected chi connectivity index (χ3v) is 2.41. The molecular weight excluding hydrogens is 202 g/mol. The van der Waals surface area contributed by atoms with Crippen molar-refractivity contribution in [2.24, 2.45) is 5.73 Å². The van der Waals surface area contributed by atoms with Crippen molar-refractivity contribution >= 4 is 0 Å². The molecule has 0 saturated heterocycles. The SMILES string of the molecule is CCCOc1ccccc1C(C)(N)COC. The van der Waals surface area contributed by atoms with Crippen LogP contribution in [0.5, 0.6) is 5.75 Å². The van der Waals surface area contributed by atoms with Crippen molar-refractivity contribution in [1.82, 2.24) is 0 Å². The Kier molecular flexibility index (Phi) is 4.77. The highest BCUT2D eigenvalue weighted by Crippen LogP contribution is 2.28. The number of benzene rings is 1. The summed E-state index contributed by atoms with van der Waals surface area (Å²) in [6.07, 6.45) is 0.986. The average molecular weight is 223 g/mol. The second-order valence-electron chi connectivity index (χ2n) is 4.20. The molecule has 0 aliphatic heterocycles. The molecule has 1 atom stereocenters. The number of rotatable bonds is 6. The van der Waals surface area contributed by atoms with Gasteiger partial charge in [0.25, 0.3) is 0 Å². The Labute approximate surface area is 97.6 Å². The molecule has 90 valence electrons. The fourth-order valence-electron chi connectivity index (χ4n) is 1.65.